The quantitative estimate of drug-likeness (QED) is 0.741. The zero-order chi connectivity index (χ0) is 17.5. The standard InChI is InChI=1S/C18H28N4O2.ClH/c1-4-14-6-8-15(9-7-14)16-12-19-10-11-22(16)13(3)17(23)21-18(24)20-5-2;/h6-9,13,16,19H,4-5,10-12H2,1-3H3,(H2,20,21,23,24);1H. The van der Waals surface area contributed by atoms with Gasteiger partial charge in [-0.2, -0.15) is 0 Å². The van der Waals surface area contributed by atoms with Crippen molar-refractivity contribution in [3.63, 3.8) is 0 Å². The van der Waals surface area contributed by atoms with Gasteiger partial charge in [0.05, 0.1) is 6.04 Å². The Morgan fingerprint density at radius 3 is 2.56 bits per heavy atom. The summed E-state index contributed by atoms with van der Waals surface area (Å²) in [5.74, 6) is -0.266. The fourth-order valence-electron chi connectivity index (χ4n) is 3.04. The lowest BCUT2D eigenvalue weighted by molar-refractivity contribution is -0.126. The molecule has 2 rings (SSSR count). The first kappa shape index (κ1) is 21.4. The van der Waals surface area contributed by atoms with Crippen LogP contribution < -0.4 is 16.0 Å². The fourth-order valence-corrected chi connectivity index (χ4v) is 3.04. The lowest BCUT2D eigenvalue weighted by Crippen LogP contribution is -2.55. The van der Waals surface area contributed by atoms with Crippen molar-refractivity contribution in [3.8, 4) is 0 Å². The van der Waals surface area contributed by atoms with Gasteiger partial charge >= 0.3 is 6.03 Å². The SMILES string of the molecule is CCNC(=O)NC(=O)C(C)N1CCNCC1c1ccc(CC)cc1.Cl. The number of carbonyl (C=O) groups is 2. The molecule has 0 aromatic heterocycles. The van der Waals surface area contributed by atoms with Crippen LogP contribution in [0.5, 0.6) is 0 Å². The molecule has 1 aliphatic rings. The first-order valence-electron chi connectivity index (χ1n) is 8.70. The normalized spacial score (nSPS) is 18.8. The Morgan fingerprint density at radius 1 is 1.28 bits per heavy atom. The van der Waals surface area contributed by atoms with E-state index in [1.165, 1.54) is 11.1 Å². The number of imide groups is 1. The zero-order valence-corrected chi connectivity index (χ0v) is 16.0. The lowest BCUT2D eigenvalue weighted by atomic mass is 9.99. The summed E-state index contributed by atoms with van der Waals surface area (Å²) in [6.45, 7) is 8.70. The van der Waals surface area contributed by atoms with E-state index in [0.29, 0.717) is 6.54 Å². The third-order valence-electron chi connectivity index (χ3n) is 4.51. The van der Waals surface area contributed by atoms with Crippen molar-refractivity contribution in [2.45, 2.75) is 39.3 Å². The molecule has 140 valence electrons. The van der Waals surface area contributed by atoms with Gasteiger partial charge in [0.1, 0.15) is 0 Å². The number of piperazine rings is 1. The van der Waals surface area contributed by atoms with Gasteiger partial charge in [0.15, 0.2) is 0 Å². The number of rotatable bonds is 5. The summed E-state index contributed by atoms with van der Waals surface area (Å²) >= 11 is 0. The first-order valence-corrected chi connectivity index (χ1v) is 8.70. The van der Waals surface area contributed by atoms with Gasteiger partial charge in [0, 0.05) is 32.2 Å². The van der Waals surface area contributed by atoms with E-state index in [-0.39, 0.29) is 30.4 Å². The smallest absolute Gasteiger partial charge is 0.321 e. The molecule has 1 aliphatic heterocycles. The number of hydrogen-bond acceptors (Lipinski definition) is 4. The van der Waals surface area contributed by atoms with Gasteiger partial charge in [-0.15, -0.1) is 12.4 Å². The largest absolute Gasteiger partial charge is 0.338 e. The van der Waals surface area contributed by atoms with Crippen LogP contribution in [0.2, 0.25) is 0 Å². The van der Waals surface area contributed by atoms with Crippen LogP contribution in [0.1, 0.15) is 37.9 Å². The number of nitrogens with one attached hydrogen (secondary N) is 3. The topological polar surface area (TPSA) is 73.5 Å². The molecule has 7 heteroatoms. The maximum atomic E-state index is 12.4. The molecule has 1 fully saturated rings. The highest BCUT2D eigenvalue weighted by Gasteiger charge is 2.31. The van der Waals surface area contributed by atoms with Gasteiger partial charge in [-0.1, -0.05) is 31.2 Å². The average Bonchev–Trinajstić information content (AvgIpc) is 2.61. The second-order valence-corrected chi connectivity index (χ2v) is 6.08. The molecule has 2 atom stereocenters. The number of halogens is 1. The summed E-state index contributed by atoms with van der Waals surface area (Å²) in [6.07, 6.45) is 1.01. The van der Waals surface area contributed by atoms with Gasteiger partial charge in [0.25, 0.3) is 0 Å². The molecule has 2 unspecified atom stereocenters. The monoisotopic (exact) mass is 368 g/mol. The second-order valence-electron chi connectivity index (χ2n) is 6.08. The van der Waals surface area contributed by atoms with Crippen molar-refractivity contribution in [2.24, 2.45) is 0 Å². The van der Waals surface area contributed by atoms with Gasteiger partial charge in [-0.25, -0.2) is 4.79 Å². The van der Waals surface area contributed by atoms with Crippen LogP contribution in [0.4, 0.5) is 4.79 Å². The van der Waals surface area contributed by atoms with Crippen molar-refractivity contribution in [2.75, 3.05) is 26.2 Å². The van der Waals surface area contributed by atoms with Crippen LogP contribution >= 0.6 is 12.4 Å². The Hall–Kier alpha value is -1.63. The Kier molecular flexibility index (Phi) is 8.89. The number of carbonyl (C=O) groups excluding carboxylic acids is 2. The molecule has 0 aliphatic carbocycles. The van der Waals surface area contributed by atoms with Crippen molar-refractivity contribution >= 4 is 24.3 Å². The lowest BCUT2D eigenvalue weighted by Gasteiger charge is -2.39. The van der Waals surface area contributed by atoms with Crippen LogP contribution in [0, 0.1) is 0 Å². The van der Waals surface area contributed by atoms with E-state index in [9.17, 15) is 9.59 Å². The van der Waals surface area contributed by atoms with E-state index in [0.717, 1.165) is 26.1 Å². The summed E-state index contributed by atoms with van der Waals surface area (Å²) < 4.78 is 0. The van der Waals surface area contributed by atoms with Crippen molar-refractivity contribution in [3.05, 3.63) is 35.4 Å². The number of benzene rings is 1. The zero-order valence-electron chi connectivity index (χ0n) is 15.2. The average molecular weight is 369 g/mol. The molecule has 1 saturated heterocycles. The van der Waals surface area contributed by atoms with E-state index in [2.05, 4.69) is 52.0 Å². The second kappa shape index (κ2) is 10.4. The number of hydrogen-bond donors (Lipinski definition) is 3. The molecule has 0 spiro atoms. The van der Waals surface area contributed by atoms with Crippen LogP contribution in [-0.2, 0) is 11.2 Å². The highest BCUT2D eigenvalue weighted by atomic mass is 35.5. The maximum absolute atomic E-state index is 12.4. The van der Waals surface area contributed by atoms with Gasteiger partial charge < -0.3 is 10.6 Å². The Balaban J connectivity index is 0.00000312. The molecule has 1 aromatic rings. The Morgan fingerprint density at radius 2 is 1.96 bits per heavy atom. The number of urea groups is 1. The molecule has 1 aromatic carbocycles. The molecule has 25 heavy (non-hydrogen) atoms. The van der Waals surface area contributed by atoms with E-state index in [1.807, 2.05) is 13.8 Å². The molecule has 1 heterocycles. The van der Waals surface area contributed by atoms with Gasteiger partial charge in [0.2, 0.25) is 5.91 Å². The number of aryl methyl sites for hydroxylation is 1. The minimum absolute atomic E-state index is 0. The minimum atomic E-state index is -0.437. The summed E-state index contributed by atoms with van der Waals surface area (Å²) in [5, 5.41) is 8.40. The molecule has 0 radical (unpaired) electrons. The molecular weight excluding hydrogens is 340 g/mol. The van der Waals surface area contributed by atoms with Crippen LogP contribution in [0.15, 0.2) is 24.3 Å². The van der Waals surface area contributed by atoms with Crippen molar-refractivity contribution in [1.82, 2.24) is 20.9 Å². The maximum Gasteiger partial charge on any atom is 0.321 e. The first-order chi connectivity index (χ1) is 11.6. The highest BCUT2D eigenvalue weighted by molar-refractivity contribution is 5.96. The molecule has 0 bridgehead atoms. The van der Waals surface area contributed by atoms with Gasteiger partial charge in [-0.3, -0.25) is 15.0 Å². The van der Waals surface area contributed by atoms with Crippen LogP contribution in [0.3, 0.4) is 0 Å². The van der Waals surface area contributed by atoms with Crippen LogP contribution in [0.25, 0.3) is 0 Å². The van der Waals surface area contributed by atoms with E-state index >= 15 is 0 Å². The Labute approximate surface area is 156 Å². The van der Waals surface area contributed by atoms with E-state index in [4.69, 9.17) is 0 Å². The molecule has 3 amide bonds. The molecular formula is C18H29ClN4O2. The molecule has 3 N–H and O–H groups in total. The third-order valence-corrected chi connectivity index (χ3v) is 4.51. The summed E-state index contributed by atoms with van der Waals surface area (Å²) in [4.78, 5) is 26.1. The minimum Gasteiger partial charge on any atom is -0.338 e. The third kappa shape index (κ3) is 5.70. The summed E-state index contributed by atoms with van der Waals surface area (Å²) in [5.41, 5.74) is 2.49. The predicted molar refractivity (Wildman–Crippen MR) is 102 cm³/mol. The van der Waals surface area contributed by atoms with Crippen molar-refractivity contribution in [1.29, 1.82) is 0 Å². The van der Waals surface area contributed by atoms with Crippen molar-refractivity contribution < 1.29 is 9.59 Å². The van der Waals surface area contributed by atoms with Gasteiger partial charge in [-0.05, 0) is 31.4 Å². The summed E-state index contributed by atoms with van der Waals surface area (Å²) in [6, 6.07) is 7.87. The Bertz CT molecular complexity index is 565. The van der Waals surface area contributed by atoms with E-state index < -0.39 is 6.03 Å². The molecule has 0 saturated carbocycles. The predicted octanol–water partition coefficient (Wildman–Crippen LogP) is 1.85. The number of amides is 3. The highest BCUT2D eigenvalue weighted by Crippen LogP contribution is 2.25. The molecule has 6 nitrogen and oxygen atoms in total. The fraction of sp³-hybridized carbons (Fsp3) is 0.556. The summed E-state index contributed by atoms with van der Waals surface area (Å²) in [7, 11) is 0. The van der Waals surface area contributed by atoms with E-state index in [1.54, 1.807) is 0 Å². The van der Waals surface area contributed by atoms with Crippen LogP contribution in [-0.4, -0.2) is 49.1 Å². The number of nitrogens with zero attached hydrogens (tertiary/aromatic N) is 1.